The fourth-order valence-electron chi connectivity index (χ4n) is 1.39. The van der Waals surface area contributed by atoms with Crippen LogP contribution in [0.1, 0.15) is 41.5 Å². The Kier molecular flexibility index (Phi) is 5.85. The Morgan fingerprint density at radius 1 is 1.00 bits per heavy atom. The number of hydrogen-bond acceptors (Lipinski definition) is 4. The van der Waals surface area contributed by atoms with Crippen molar-refractivity contribution in [2.45, 2.75) is 65.2 Å². The van der Waals surface area contributed by atoms with Crippen LogP contribution in [0.3, 0.4) is 0 Å². The van der Waals surface area contributed by atoms with E-state index in [1.807, 2.05) is 48.1 Å². The minimum absolute atomic E-state index is 0.0936. The quantitative estimate of drug-likeness (QED) is 0.447. The molecule has 15 heavy (non-hydrogen) atoms. The molecule has 0 aliphatic heterocycles. The summed E-state index contributed by atoms with van der Waals surface area (Å²) in [4.78, 5) is -0.537. The first-order valence-electron chi connectivity index (χ1n) is 5.32. The van der Waals surface area contributed by atoms with Crippen LogP contribution in [0, 0.1) is 0 Å². The van der Waals surface area contributed by atoms with Gasteiger partial charge in [0, 0.05) is 18.8 Å². The van der Waals surface area contributed by atoms with Crippen LogP contribution in [0.2, 0.25) is 6.55 Å². The number of rotatable bonds is 6. The highest BCUT2D eigenvalue weighted by Gasteiger charge is 2.41. The maximum absolute atomic E-state index is 5.81. The molecule has 0 N–H and O–H groups in total. The lowest BCUT2D eigenvalue weighted by Gasteiger charge is -2.35. The molecule has 0 bridgehead atoms. The van der Waals surface area contributed by atoms with E-state index in [1.54, 1.807) is 0 Å². The highest BCUT2D eigenvalue weighted by atomic mass is 32.1. The van der Waals surface area contributed by atoms with Crippen molar-refractivity contribution >= 4 is 21.4 Å². The van der Waals surface area contributed by atoms with Crippen LogP contribution < -0.4 is 0 Å². The van der Waals surface area contributed by atoms with Crippen molar-refractivity contribution in [1.82, 2.24) is 0 Å². The van der Waals surface area contributed by atoms with Crippen LogP contribution in [0.5, 0.6) is 0 Å². The Bertz CT molecular complexity index is 180. The summed E-state index contributed by atoms with van der Waals surface area (Å²) >= 11 is 4.35. The van der Waals surface area contributed by atoms with Crippen LogP contribution in [0.25, 0.3) is 0 Å². The van der Waals surface area contributed by atoms with Crippen LogP contribution in [-0.2, 0) is 13.3 Å². The molecule has 0 aliphatic carbocycles. The molecule has 0 radical (unpaired) electrons. The van der Waals surface area contributed by atoms with Gasteiger partial charge in [0.2, 0.25) is 0 Å². The lowest BCUT2D eigenvalue weighted by atomic mass is 10.5. The smallest absolute Gasteiger partial charge is 0.371 e. The molecule has 0 amide bonds. The predicted molar refractivity (Wildman–Crippen MR) is 68.2 cm³/mol. The highest BCUT2D eigenvalue weighted by Crippen LogP contribution is 2.24. The fourth-order valence-corrected chi connectivity index (χ4v) is 4.66. The maximum Gasteiger partial charge on any atom is 0.499 e. The summed E-state index contributed by atoms with van der Waals surface area (Å²) in [5.41, 5.74) is 0. The van der Waals surface area contributed by atoms with Crippen molar-refractivity contribution in [1.29, 1.82) is 0 Å². The molecule has 0 saturated carbocycles. The van der Waals surface area contributed by atoms with Crippen LogP contribution >= 0.6 is 12.6 Å². The van der Waals surface area contributed by atoms with Crippen molar-refractivity contribution in [2.75, 3.05) is 0 Å². The molecule has 92 valence electrons. The van der Waals surface area contributed by atoms with Gasteiger partial charge in [0.25, 0.3) is 0 Å². The van der Waals surface area contributed by atoms with Gasteiger partial charge in [0.05, 0.1) is 4.93 Å². The van der Waals surface area contributed by atoms with Gasteiger partial charge < -0.3 is 13.3 Å². The normalized spacial score (nSPS) is 14.0. The summed E-state index contributed by atoms with van der Waals surface area (Å²) in [5.74, 6) is 0. The maximum atomic E-state index is 5.81. The summed E-state index contributed by atoms with van der Waals surface area (Å²) in [6.45, 7) is 13.6. The second-order valence-corrected chi connectivity index (χ2v) is 8.22. The average molecular weight is 252 g/mol. The van der Waals surface area contributed by atoms with E-state index >= 15 is 0 Å². The standard InChI is InChI=1S/C10H24O3SSi/c1-8(2)11-15(7,12-9(3)4)13-10(5,6)14/h8-9,14H,1-7H3. The molecule has 0 aromatic heterocycles. The van der Waals surface area contributed by atoms with Gasteiger partial charge in [-0.3, -0.25) is 0 Å². The minimum Gasteiger partial charge on any atom is -0.371 e. The molecule has 0 atom stereocenters. The third-order valence-corrected chi connectivity index (χ3v) is 4.28. The summed E-state index contributed by atoms with van der Waals surface area (Å²) in [5, 5.41) is 0. The molecular formula is C10H24O3SSi. The van der Waals surface area contributed by atoms with Gasteiger partial charge in [-0.15, -0.1) is 12.6 Å². The summed E-state index contributed by atoms with van der Waals surface area (Å²) in [6, 6.07) is 0. The Balaban J connectivity index is 4.54. The van der Waals surface area contributed by atoms with E-state index in [1.165, 1.54) is 0 Å². The second kappa shape index (κ2) is 5.68. The molecule has 0 heterocycles. The first kappa shape index (κ1) is 15.4. The van der Waals surface area contributed by atoms with Gasteiger partial charge in [-0.2, -0.15) is 0 Å². The van der Waals surface area contributed by atoms with Gasteiger partial charge in [0.1, 0.15) is 0 Å². The Morgan fingerprint density at radius 3 is 1.53 bits per heavy atom. The SMILES string of the molecule is CC(C)O[Si](C)(OC(C)C)OC(C)(C)S. The van der Waals surface area contributed by atoms with Crippen LogP contribution in [-0.4, -0.2) is 25.9 Å². The lowest BCUT2D eigenvalue weighted by molar-refractivity contribution is -0.00000148. The zero-order valence-corrected chi connectivity index (χ0v) is 12.7. The first-order chi connectivity index (χ1) is 6.54. The van der Waals surface area contributed by atoms with Gasteiger partial charge in [-0.1, -0.05) is 0 Å². The summed E-state index contributed by atoms with van der Waals surface area (Å²) in [6.07, 6.45) is 0.187. The minimum atomic E-state index is -2.59. The average Bonchev–Trinajstić information content (AvgIpc) is 1.73. The molecule has 0 rings (SSSR count). The highest BCUT2D eigenvalue weighted by molar-refractivity contribution is 7.81. The summed E-state index contributed by atoms with van der Waals surface area (Å²) < 4.78 is 17.3. The zero-order chi connectivity index (χ0) is 12.3. The van der Waals surface area contributed by atoms with Crippen molar-refractivity contribution < 1.29 is 13.3 Å². The molecule has 0 aromatic carbocycles. The van der Waals surface area contributed by atoms with E-state index in [4.69, 9.17) is 13.3 Å². The van der Waals surface area contributed by atoms with Crippen molar-refractivity contribution in [3.05, 3.63) is 0 Å². The van der Waals surface area contributed by atoms with Crippen LogP contribution in [0.4, 0.5) is 0 Å². The van der Waals surface area contributed by atoms with E-state index < -0.39 is 13.7 Å². The van der Waals surface area contributed by atoms with E-state index in [2.05, 4.69) is 12.6 Å². The van der Waals surface area contributed by atoms with Crippen molar-refractivity contribution in [3.63, 3.8) is 0 Å². The zero-order valence-electron chi connectivity index (χ0n) is 10.8. The molecule has 0 spiro atoms. The van der Waals surface area contributed by atoms with Gasteiger partial charge >= 0.3 is 8.80 Å². The first-order valence-corrected chi connectivity index (χ1v) is 7.99. The predicted octanol–water partition coefficient (Wildman–Crippen LogP) is 3.09. The van der Waals surface area contributed by atoms with Gasteiger partial charge in [-0.05, 0) is 41.5 Å². The van der Waals surface area contributed by atoms with E-state index in [0.29, 0.717) is 0 Å². The Labute approximate surface area is 100 Å². The van der Waals surface area contributed by atoms with Crippen molar-refractivity contribution in [2.24, 2.45) is 0 Å². The van der Waals surface area contributed by atoms with Gasteiger partial charge in [-0.25, -0.2) is 0 Å². The second-order valence-electron chi connectivity index (χ2n) is 4.74. The lowest BCUT2D eigenvalue weighted by Crippen LogP contribution is -2.50. The van der Waals surface area contributed by atoms with Crippen molar-refractivity contribution in [3.8, 4) is 0 Å². The third kappa shape index (κ3) is 8.27. The van der Waals surface area contributed by atoms with Gasteiger partial charge in [0.15, 0.2) is 0 Å². The van der Waals surface area contributed by atoms with Crippen LogP contribution in [0.15, 0.2) is 0 Å². The summed E-state index contributed by atoms with van der Waals surface area (Å²) in [7, 11) is -2.59. The Hall–Kier alpha value is 0.447. The van der Waals surface area contributed by atoms with E-state index in [9.17, 15) is 0 Å². The number of hydrogen-bond donors (Lipinski definition) is 1. The molecule has 0 saturated heterocycles. The molecule has 0 fully saturated rings. The number of thiol groups is 1. The Morgan fingerprint density at radius 2 is 1.33 bits per heavy atom. The monoisotopic (exact) mass is 252 g/mol. The molecule has 5 heteroatoms. The third-order valence-electron chi connectivity index (χ3n) is 1.33. The molecular weight excluding hydrogens is 228 g/mol. The van der Waals surface area contributed by atoms with E-state index in [-0.39, 0.29) is 12.2 Å². The molecule has 0 aliphatic rings. The molecule has 0 aromatic rings. The molecule has 0 unspecified atom stereocenters. The fraction of sp³-hybridized carbons (Fsp3) is 1.00. The van der Waals surface area contributed by atoms with E-state index in [0.717, 1.165) is 0 Å². The largest absolute Gasteiger partial charge is 0.499 e. The topological polar surface area (TPSA) is 27.7 Å². The molecule has 3 nitrogen and oxygen atoms in total.